The van der Waals surface area contributed by atoms with Crippen molar-refractivity contribution in [2.45, 2.75) is 19.4 Å². The van der Waals surface area contributed by atoms with Gasteiger partial charge in [-0.2, -0.15) is 0 Å². The number of rotatable bonds is 3. The molecule has 0 fully saturated rings. The zero-order valence-electron chi connectivity index (χ0n) is 9.41. The maximum absolute atomic E-state index is 11.7. The zero-order valence-corrected chi connectivity index (χ0v) is 9.41. The monoisotopic (exact) mass is 221 g/mol. The van der Waals surface area contributed by atoms with E-state index >= 15 is 0 Å². The summed E-state index contributed by atoms with van der Waals surface area (Å²) in [6.45, 7) is 2.49. The molecule has 0 aromatic carbocycles. The normalized spacial score (nSPS) is 18.6. The van der Waals surface area contributed by atoms with Crippen LogP contribution >= 0.6 is 0 Å². The second-order valence-electron chi connectivity index (χ2n) is 3.88. The summed E-state index contributed by atoms with van der Waals surface area (Å²) in [4.78, 5) is 16.0. The number of anilines is 2. The van der Waals surface area contributed by atoms with Crippen LogP contribution in [0.15, 0.2) is 12.3 Å². The minimum atomic E-state index is -0.261. The molecule has 1 amide bonds. The summed E-state index contributed by atoms with van der Waals surface area (Å²) in [5, 5.41) is 5.95. The van der Waals surface area contributed by atoms with E-state index in [2.05, 4.69) is 15.6 Å². The molecule has 0 bridgehead atoms. The topological polar surface area (TPSA) is 63.2 Å². The number of aryl methyl sites for hydroxylation is 1. The molecule has 1 aliphatic heterocycles. The highest BCUT2D eigenvalue weighted by Crippen LogP contribution is 2.25. The summed E-state index contributed by atoms with van der Waals surface area (Å²) >= 11 is 0. The van der Waals surface area contributed by atoms with Crippen molar-refractivity contribution in [1.82, 2.24) is 4.98 Å². The molecule has 1 aromatic heterocycles. The van der Waals surface area contributed by atoms with Crippen LogP contribution in [0.2, 0.25) is 0 Å². The zero-order chi connectivity index (χ0) is 11.5. The molecule has 1 unspecified atom stereocenters. The van der Waals surface area contributed by atoms with Gasteiger partial charge in [0.1, 0.15) is 11.9 Å². The number of nitrogens with one attached hydrogen (secondary N) is 2. The van der Waals surface area contributed by atoms with Crippen LogP contribution in [-0.2, 0) is 9.53 Å². The molecule has 16 heavy (non-hydrogen) atoms. The van der Waals surface area contributed by atoms with Crippen molar-refractivity contribution in [2.24, 2.45) is 0 Å². The first kappa shape index (κ1) is 10.9. The summed E-state index contributed by atoms with van der Waals surface area (Å²) in [6.07, 6.45) is 2.41. The molecule has 1 aliphatic rings. The Morgan fingerprint density at radius 1 is 1.56 bits per heavy atom. The van der Waals surface area contributed by atoms with Crippen molar-refractivity contribution in [3.63, 3.8) is 0 Å². The number of carbonyl (C=O) groups excluding carboxylic acids is 1. The van der Waals surface area contributed by atoms with E-state index < -0.39 is 0 Å². The van der Waals surface area contributed by atoms with Gasteiger partial charge < -0.3 is 15.4 Å². The van der Waals surface area contributed by atoms with Crippen LogP contribution < -0.4 is 10.6 Å². The van der Waals surface area contributed by atoms with Crippen molar-refractivity contribution in [1.29, 1.82) is 0 Å². The van der Waals surface area contributed by atoms with E-state index in [4.69, 9.17) is 4.74 Å². The Morgan fingerprint density at radius 3 is 3.12 bits per heavy atom. The highest BCUT2D eigenvalue weighted by molar-refractivity contribution is 6.02. The molecule has 86 valence electrons. The average molecular weight is 221 g/mol. The Morgan fingerprint density at radius 2 is 2.38 bits per heavy atom. The summed E-state index contributed by atoms with van der Waals surface area (Å²) in [5.41, 5.74) is 1.77. The van der Waals surface area contributed by atoms with Crippen molar-refractivity contribution < 1.29 is 9.53 Å². The maximum atomic E-state index is 11.7. The predicted molar refractivity (Wildman–Crippen MR) is 61.5 cm³/mol. The number of hydrogen-bond donors (Lipinski definition) is 2. The fraction of sp³-hybridized carbons (Fsp3) is 0.455. The quantitative estimate of drug-likeness (QED) is 0.804. The van der Waals surface area contributed by atoms with Gasteiger partial charge in [0.2, 0.25) is 5.91 Å². The van der Waals surface area contributed by atoms with Crippen LogP contribution in [0.1, 0.15) is 12.0 Å². The third-order valence-electron chi connectivity index (χ3n) is 2.52. The SMILES string of the molecule is COCCC1Nc2ncc(C)cc2NC1=O. The van der Waals surface area contributed by atoms with E-state index in [9.17, 15) is 4.79 Å². The molecule has 2 rings (SSSR count). The van der Waals surface area contributed by atoms with Crippen molar-refractivity contribution in [3.8, 4) is 0 Å². The number of ether oxygens (including phenoxy) is 1. The number of carbonyl (C=O) groups is 1. The van der Waals surface area contributed by atoms with Crippen LogP contribution in [0.25, 0.3) is 0 Å². The smallest absolute Gasteiger partial charge is 0.247 e. The van der Waals surface area contributed by atoms with Gasteiger partial charge in [-0.1, -0.05) is 0 Å². The lowest BCUT2D eigenvalue weighted by Crippen LogP contribution is -2.40. The number of amides is 1. The first-order valence-electron chi connectivity index (χ1n) is 5.23. The highest BCUT2D eigenvalue weighted by Gasteiger charge is 2.25. The lowest BCUT2D eigenvalue weighted by Gasteiger charge is -2.25. The van der Waals surface area contributed by atoms with E-state index in [0.29, 0.717) is 13.0 Å². The number of fused-ring (bicyclic) bond motifs is 1. The molecule has 0 saturated carbocycles. The molecule has 2 N–H and O–H groups in total. The maximum Gasteiger partial charge on any atom is 0.247 e. The lowest BCUT2D eigenvalue weighted by atomic mass is 10.1. The molecule has 0 aliphatic carbocycles. The van der Waals surface area contributed by atoms with E-state index in [1.807, 2.05) is 13.0 Å². The lowest BCUT2D eigenvalue weighted by molar-refractivity contribution is -0.117. The van der Waals surface area contributed by atoms with E-state index in [1.54, 1.807) is 13.3 Å². The number of hydrogen-bond acceptors (Lipinski definition) is 4. The molecule has 1 atom stereocenters. The van der Waals surface area contributed by atoms with Crippen molar-refractivity contribution >= 4 is 17.4 Å². The molecule has 0 spiro atoms. The molecule has 2 heterocycles. The van der Waals surface area contributed by atoms with E-state index in [0.717, 1.165) is 17.1 Å². The van der Waals surface area contributed by atoms with Crippen LogP contribution in [0, 0.1) is 6.92 Å². The minimum absolute atomic E-state index is 0.0306. The van der Waals surface area contributed by atoms with Crippen LogP contribution in [0.5, 0.6) is 0 Å². The fourth-order valence-electron chi connectivity index (χ4n) is 1.67. The van der Waals surface area contributed by atoms with Gasteiger partial charge in [0, 0.05) is 19.9 Å². The van der Waals surface area contributed by atoms with Crippen LogP contribution in [0.3, 0.4) is 0 Å². The molecular weight excluding hydrogens is 206 g/mol. The predicted octanol–water partition coefficient (Wildman–Crippen LogP) is 1.16. The van der Waals surface area contributed by atoms with Gasteiger partial charge in [0.25, 0.3) is 0 Å². The van der Waals surface area contributed by atoms with Gasteiger partial charge >= 0.3 is 0 Å². The first-order chi connectivity index (χ1) is 7.70. The Bertz CT molecular complexity index is 406. The second kappa shape index (κ2) is 4.49. The van der Waals surface area contributed by atoms with Crippen LogP contribution in [0.4, 0.5) is 11.5 Å². The van der Waals surface area contributed by atoms with Gasteiger partial charge in [-0.25, -0.2) is 4.98 Å². The molecule has 0 saturated heterocycles. The Balaban J connectivity index is 2.15. The second-order valence-corrected chi connectivity index (χ2v) is 3.88. The number of nitrogens with zero attached hydrogens (tertiary/aromatic N) is 1. The van der Waals surface area contributed by atoms with E-state index in [-0.39, 0.29) is 11.9 Å². The molecular formula is C11H15N3O2. The van der Waals surface area contributed by atoms with Crippen LogP contribution in [-0.4, -0.2) is 30.6 Å². The van der Waals surface area contributed by atoms with Gasteiger partial charge in [0.15, 0.2) is 0 Å². The Labute approximate surface area is 94.2 Å². The van der Waals surface area contributed by atoms with Gasteiger partial charge in [-0.3, -0.25) is 4.79 Å². The largest absolute Gasteiger partial charge is 0.385 e. The Hall–Kier alpha value is -1.62. The third-order valence-corrected chi connectivity index (χ3v) is 2.52. The third kappa shape index (κ3) is 2.14. The fourth-order valence-corrected chi connectivity index (χ4v) is 1.67. The summed E-state index contributed by atoms with van der Waals surface area (Å²) in [5.74, 6) is 0.697. The first-order valence-corrected chi connectivity index (χ1v) is 5.23. The summed E-state index contributed by atoms with van der Waals surface area (Å²) in [7, 11) is 1.62. The number of pyridine rings is 1. The average Bonchev–Trinajstić information content (AvgIpc) is 2.26. The number of methoxy groups -OCH3 is 1. The van der Waals surface area contributed by atoms with Crippen molar-refractivity contribution in [3.05, 3.63) is 17.8 Å². The molecule has 1 aromatic rings. The molecule has 5 nitrogen and oxygen atoms in total. The molecule has 5 heteroatoms. The molecule has 0 radical (unpaired) electrons. The standard InChI is InChI=1S/C11H15N3O2/c1-7-5-9-10(12-6-7)13-8(3-4-16-2)11(15)14-9/h5-6,8H,3-4H2,1-2H3,(H,12,13)(H,14,15). The van der Waals surface area contributed by atoms with E-state index in [1.165, 1.54) is 0 Å². The number of aromatic nitrogens is 1. The highest BCUT2D eigenvalue weighted by atomic mass is 16.5. The van der Waals surface area contributed by atoms with Gasteiger partial charge in [0.05, 0.1) is 5.69 Å². The van der Waals surface area contributed by atoms with Gasteiger partial charge in [-0.15, -0.1) is 0 Å². The van der Waals surface area contributed by atoms with Crippen molar-refractivity contribution in [2.75, 3.05) is 24.4 Å². The summed E-state index contributed by atoms with van der Waals surface area (Å²) in [6, 6.07) is 1.64. The summed E-state index contributed by atoms with van der Waals surface area (Å²) < 4.78 is 4.96. The minimum Gasteiger partial charge on any atom is -0.385 e. The Kier molecular flexibility index (Phi) is 3.05. The van der Waals surface area contributed by atoms with Gasteiger partial charge in [-0.05, 0) is 25.0 Å².